The van der Waals surface area contributed by atoms with Crippen LogP contribution in [0.5, 0.6) is 0 Å². The number of aromatic nitrogens is 2. The molecular weight excluding hydrogens is 237 g/mol. The van der Waals surface area contributed by atoms with Gasteiger partial charge < -0.3 is 5.32 Å². The molecule has 2 aromatic rings. The van der Waals surface area contributed by atoms with E-state index in [9.17, 15) is 4.39 Å². The van der Waals surface area contributed by atoms with Crippen molar-refractivity contribution in [1.29, 1.82) is 0 Å². The monoisotopic (exact) mass is 251 g/mol. The highest BCUT2D eigenvalue weighted by Gasteiger charge is 1.97. The Morgan fingerprint density at radius 1 is 1.47 bits per heavy atom. The Hall–Kier alpha value is -1.49. The number of aryl methyl sites for hydroxylation is 1. The Balaban J connectivity index is 1.73. The number of hydrogen-bond acceptors (Lipinski definition) is 3. The molecule has 0 amide bonds. The van der Waals surface area contributed by atoms with Crippen molar-refractivity contribution in [2.24, 2.45) is 7.05 Å². The number of anilines is 1. The third-order valence-electron chi connectivity index (χ3n) is 2.21. The van der Waals surface area contributed by atoms with Crippen molar-refractivity contribution in [1.82, 2.24) is 9.78 Å². The first-order valence-electron chi connectivity index (χ1n) is 5.35. The van der Waals surface area contributed by atoms with Crippen LogP contribution in [0, 0.1) is 5.82 Å². The lowest BCUT2D eigenvalue weighted by atomic mass is 10.3. The Bertz CT molecular complexity index is 484. The molecule has 0 radical (unpaired) electrons. The minimum Gasteiger partial charge on any atom is -0.384 e. The molecule has 0 aliphatic carbocycles. The minimum absolute atomic E-state index is 0.213. The van der Waals surface area contributed by atoms with Crippen LogP contribution in [0.25, 0.3) is 0 Å². The van der Waals surface area contributed by atoms with Crippen LogP contribution in [0.4, 0.5) is 10.1 Å². The molecule has 0 aliphatic rings. The van der Waals surface area contributed by atoms with Crippen molar-refractivity contribution < 1.29 is 4.39 Å². The Labute approximate surface area is 104 Å². The Morgan fingerprint density at radius 3 is 3.06 bits per heavy atom. The zero-order valence-electron chi connectivity index (χ0n) is 9.56. The van der Waals surface area contributed by atoms with Gasteiger partial charge in [-0.3, -0.25) is 4.68 Å². The molecule has 1 aromatic heterocycles. The molecule has 5 heteroatoms. The van der Waals surface area contributed by atoms with Crippen LogP contribution >= 0.6 is 11.8 Å². The van der Waals surface area contributed by atoms with Gasteiger partial charge in [-0.1, -0.05) is 6.07 Å². The van der Waals surface area contributed by atoms with Crippen molar-refractivity contribution in [3.8, 4) is 0 Å². The molecule has 0 unspecified atom stereocenters. The zero-order chi connectivity index (χ0) is 12.1. The fraction of sp³-hybridized carbons (Fsp3) is 0.250. The van der Waals surface area contributed by atoms with Gasteiger partial charge >= 0.3 is 0 Å². The highest BCUT2D eigenvalue weighted by atomic mass is 32.2. The van der Waals surface area contributed by atoms with Crippen molar-refractivity contribution >= 4 is 17.4 Å². The van der Waals surface area contributed by atoms with Gasteiger partial charge in [0.15, 0.2) is 0 Å². The number of thioether (sulfide) groups is 1. The lowest BCUT2D eigenvalue weighted by Gasteiger charge is -2.05. The molecule has 0 fully saturated rings. The van der Waals surface area contributed by atoms with Gasteiger partial charge in [0.25, 0.3) is 0 Å². The maximum Gasteiger partial charge on any atom is 0.125 e. The summed E-state index contributed by atoms with van der Waals surface area (Å²) in [7, 11) is 1.90. The van der Waals surface area contributed by atoms with E-state index < -0.39 is 0 Å². The van der Waals surface area contributed by atoms with E-state index >= 15 is 0 Å². The van der Waals surface area contributed by atoms with Gasteiger partial charge in [0.05, 0.1) is 6.20 Å². The predicted molar refractivity (Wildman–Crippen MR) is 68.8 cm³/mol. The van der Waals surface area contributed by atoms with Gasteiger partial charge in [-0.15, -0.1) is 11.8 Å². The summed E-state index contributed by atoms with van der Waals surface area (Å²) in [6.45, 7) is 0.795. The van der Waals surface area contributed by atoms with Gasteiger partial charge in [0.1, 0.15) is 5.82 Å². The number of rotatable bonds is 5. The summed E-state index contributed by atoms with van der Waals surface area (Å²) in [6.07, 6.45) is 3.82. The largest absolute Gasteiger partial charge is 0.384 e. The van der Waals surface area contributed by atoms with Crippen LogP contribution in [0.2, 0.25) is 0 Å². The van der Waals surface area contributed by atoms with E-state index in [1.54, 1.807) is 22.5 Å². The van der Waals surface area contributed by atoms with E-state index in [0.717, 1.165) is 22.9 Å². The summed E-state index contributed by atoms with van der Waals surface area (Å²) < 4.78 is 14.7. The van der Waals surface area contributed by atoms with Crippen LogP contribution < -0.4 is 5.32 Å². The molecule has 90 valence electrons. The fourth-order valence-electron chi connectivity index (χ4n) is 1.44. The summed E-state index contributed by atoms with van der Waals surface area (Å²) in [6, 6.07) is 6.49. The molecule has 0 saturated carbocycles. The third kappa shape index (κ3) is 3.78. The topological polar surface area (TPSA) is 29.9 Å². The highest BCUT2D eigenvalue weighted by molar-refractivity contribution is 7.99. The van der Waals surface area contributed by atoms with E-state index in [1.807, 2.05) is 25.5 Å². The second-order valence-electron chi connectivity index (χ2n) is 3.64. The van der Waals surface area contributed by atoms with Crippen molar-refractivity contribution in [2.45, 2.75) is 4.90 Å². The van der Waals surface area contributed by atoms with Crippen LogP contribution in [0.3, 0.4) is 0 Å². The molecule has 0 aliphatic heterocycles. The summed E-state index contributed by atoms with van der Waals surface area (Å²) in [5.74, 6) is 0.706. The summed E-state index contributed by atoms with van der Waals surface area (Å²) >= 11 is 1.73. The van der Waals surface area contributed by atoms with Crippen molar-refractivity contribution in [3.05, 3.63) is 42.5 Å². The van der Waals surface area contributed by atoms with Gasteiger partial charge in [0.2, 0.25) is 0 Å². The number of nitrogens with one attached hydrogen (secondary N) is 1. The first-order valence-corrected chi connectivity index (χ1v) is 6.33. The van der Waals surface area contributed by atoms with E-state index in [1.165, 1.54) is 12.1 Å². The summed E-state index contributed by atoms with van der Waals surface area (Å²) in [4.78, 5) is 1.15. The third-order valence-corrected chi connectivity index (χ3v) is 3.16. The molecule has 17 heavy (non-hydrogen) atoms. The normalized spacial score (nSPS) is 10.5. The summed E-state index contributed by atoms with van der Waals surface area (Å²) in [5.41, 5.74) is 0.816. The van der Waals surface area contributed by atoms with Gasteiger partial charge in [-0.25, -0.2) is 4.39 Å². The van der Waals surface area contributed by atoms with E-state index in [2.05, 4.69) is 10.4 Å². The molecule has 3 nitrogen and oxygen atoms in total. The molecule has 0 bridgehead atoms. The number of hydrogen-bond donors (Lipinski definition) is 1. The van der Waals surface area contributed by atoms with Gasteiger partial charge in [-0.2, -0.15) is 5.10 Å². The van der Waals surface area contributed by atoms with E-state index in [0.29, 0.717) is 0 Å². The average molecular weight is 251 g/mol. The first-order chi connectivity index (χ1) is 8.24. The van der Waals surface area contributed by atoms with Gasteiger partial charge in [0, 0.05) is 36.1 Å². The maximum absolute atomic E-state index is 12.9. The van der Waals surface area contributed by atoms with Crippen LogP contribution in [0.15, 0.2) is 41.6 Å². The molecule has 1 N–H and O–H groups in total. The Kier molecular flexibility index (Phi) is 4.03. The van der Waals surface area contributed by atoms with E-state index in [-0.39, 0.29) is 5.82 Å². The second kappa shape index (κ2) is 5.72. The smallest absolute Gasteiger partial charge is 0.125 e. The molecule has 1 aromatic carbocycles. The fourth-order valence-corrected chi connectivity index (χ4v) is 2.22. The average Bonchev–Trinajstić information content (AvgIpc) is 2.71. The SMILES string of the molecule is Cn1cc(SCCNc2cccc(F)c2)cn1. The lowest BCUT2D eigenvalue weighted by molar-refractivity contribution is 0.628. The highest BCUT2D eigenvalue weighted by Crippen LogP contribution is 2.16. The van der Waals surface area contributed by atoms with Crippen LogP contribution in [0.1, 0.15) is 0 Å². The van der Waals surface area contributed by atoms with E-state index in [4.69, 9.17) is 0 Å². The standard InChI is InChI=1S/C12H14FN3S/c1-16-9-12(8-15-16)17-6-5-14-11-4-2-3-10(13)7-11/h2-4,7-9,14H,5-6H2,1H3. The number of benzene rings is 1. The second-order valence-corrected chi connectivity index (χ2v) is 4.80. The molecular formula is C12H14FN3S. The zero-order valence-corrected chi connectivity index (χ0v) is 10.4. The molecule has 1 heterocycles. The molecule has 0 saturated heterocycles. The quantitative estimate of drug-likeness (QED) is 0.654. The lowest BCUT2D eigenvalue weighted by Crippen LogP contribution is -2.03. The molecule has 2 rings (SSSR count). The Morgan fingerprint density at radius 2 is 2.35 bits per heavy atom. The maximum atomic E-state index is 12.9. The van der Waals surface area contributed by atoms with Gasteiger partial charge in [-0.05, 0) is 18.2 Å². The van der Waals surface area contributed by atoms with Crippen molar-refractivity contribution in [3.63, 3.8) is 0 Å². The first kappa shape index (κ1) is 12.0. The van der Waals surface area contributed by atoms with Crippen LogP contribution in [-0.2, 0) is 7.05 Å². The predicted octanol–water partition coefficient (Wildman–Crippen LogP) is 2.76. The van der Waals surface area contributed by atoms with Crippen molar-refractivity contribution in [2.75, 3.05) is 17.6 Å². The molecule has 0 atom stereocenters. The minimum atomic E-state index is -0.213. The van der Waals surface area contributed by atoms with Crippen LogP contribution in [-0.4, -0.2) is 22.1 Å². The summed E-state index contributed by atoms with van der Waals surface area (Å²) in [5, 5.41) is 7.27. The number of nitrogens with zero attached hydrogens (tertiary/aromatic N) is 2. The molecule has 0 spiro atoms. The number of halogens is 1.